The number of thioether (sulfide) groups is 1. The molecule has 0 amide bonds. The Morgan fingerprint density at radius 2 is 2.38 bits per heavy atom. The zero-order valence-corrected chi connectivity index (χ0v) is 9.28. The van der Waals surface area contributed by atoms with Gasteiger partial charge in [0.25, 0.3) is 0 Å². The van der Waals surface area contributed by atoms with E-state index < -0.39 is 0 Å². The van der Waals surface area contributed by atoms with E-state index in [-0.39, 0.29) is 0 Å². The molecule has 1 unspecified atom stereocenters. The van der Waals surface area contributed by atoms with Crippen molar-refractivity contribution in [3.63, 3.8) is 0 Å². The maximum absolute atomic E-state index is 4.49. The van der Waals surface area contributed by atoms with Gasteiger partial charge in [-0.1, -0.05) is 25.6 Å². The summed E-state index contributed by atoms with van der Waals surface area (Å²) in [5.74, 6) is 0. The van der Waals surface area contributed by atoms with Gasteiger partial charge in [0.2, 0.25) is 0 Å². The van der Waals surface area contributed by atoms with E-state index in [0.29, 0.717) is 5.41 Å². The summed E-state index contributed by atoms with van der Waals surface area (Å²) >= 11 is 1.92. The highest BCUT2D eigenvalue weighted by molar-refractivity contribution is 8.14. The Morgan fingerprint density at radius 3 is 2.92 bits per heavy atom. The molecule has 0 spiro atoms. The molecule has 0 aromatic rings. The summed E-state index contributed by atoms with van der Waals surface area (Å²) in [6.45, 7) is 6.71. The van der Waals surface area contributed by atoms with Crippen LogP contribution in [0.3, 0.4) is 0 Å². The fourth-order valence-electron chi connectivity index (χ4n) is 1.41. The summed E-state index contributed by atoms with van der Waals surface area (Å²) in [5.41, 5.74) is 0.591. The zero-order chi connectivity index (χ0) is 9.31. The van der Waals surface area contributed by atoms with Crippen molar-refractivity contribution in [2.75, 3.05) is 13.1 Å². The lowest BCUT2D eigenvalue weighted by atomic mass is 10.1. The van der Waals surface area contributed by atoms with Crippen molar-refractivity contribution < 1.29 is 0 Å². The molecular formula is C10H18N2S. The minimum Gasteiger partial charge on any atom is -0.364 e. The second-order valence-electron chi connectivity index (χ2n) is 4.46. The van der Waals surface area contributed by atoms with Crippen molar-refractivity contribution in [1.29, 1.82) is 0 Å². The second kappa shape index (κ2) is 3.52. The third kappa shape index (κ3) is 2.39. The van der Waals surface area contributed by atoms with Crippen LogP contribution in [0, 0.1) is 5.41 Å². The number of hydrogen-bond acceptors (Lipinski definition) is 3. The summed E-state index contributed by atoms with van der Waals surface area (Å²) < 4.78 is 0. The van der Waals surface area contributed by atoms with Crippen LogP contribution in [-0.4, -0.2) is 23.5 Å². The Hall–Kier alpha value is -0.180. The van der Waals surface area contributed by atoms with Gasteiger partial charge in [0.05, 0.1) is 6.54 Å². The Morgan fingerprint density at radius 1 is 1.62 bits per heavy atom. The minimum atomic E-state index is 0.591. The average Bonchev–Trinajstić information content (AvgIpc) is 2.69. The van der Waals surface area contributed by atoms with E-state index in [1.807, 2.05) is 11.8 Å². The molecule has 74 valence electrons. The van der Waals surface area contributed by atoms with Crippen LogP contribution in [0.2, 0.25) is 0 Å². The maximum Gasteiger partial charge on any atom is 0.156 e. The molecule has 3 heteroatoms. The van der Waals surface area contributed by atoms with Gasteiger partial charge in [-0.15, -0.1) is 0 Å². The highest BCUT2D eigenvalue weighted by atomic mass is 32.2. The van der Waals surface area contributed by atoms with E-state index in [1.54, 1.807) is 0 Å². The quantitative estimate of drug-likeness (QED) is 0.752. The molecule has 0 aromatic heterocycles. The third-order valence-electron chi connectivity index (χ3n) is 2.94. The number of aliphatic imine (C=N–C) groups is 1. The Bertz CT molecular complexity index is 221. The molecule has 2 nitrogen and oxygen atoms in total. The maximum atomic E-state index is 4.49. The molecule has 2 rings (SSSR count). The van der Waals surface area contributed by atoms with Gasteiger partial charge in [-0.3, -0.25) is 4.99 Å². The summed E-state index contributed by atoms with van der Waals surface area (Å²) in [6, 6.07) is 0. The van der Waals surface area contributed by atoms with Crippen LogP contribution < -0.4 is 5.32 Å². The first-order valence-corrected chi connectivity index (χ1v) is 6.05. The van der Waals surface area contributed by atoms with Crippen molar-refractivity contribution in [3.05, 3.63) is 0 Å². The van der Waals surface area contributed by atoms with Gasteiger partial charge >= 0.3 is 0 Å². The molecule has 1 aliphatic heterocycles. The van der Waals surface area contributed by atoms with Crippen LogP contribution >= 0.6 is 11.8 Å². The standard InChI is InChI=1S/C10H18N2S/c1-3-8-6-11-9(13-8)12-7-10(2)4-5-10/h8H,3-7H2,1-2H3,(H,11,12). The summed E-state index contributed by atoms with van der Waals surface area (Å²) in [7, 11) is 0. The van der Waals surface area contributed by atoms with Gasteiger partial charge in [-0.25, -0.2) is 0 Å². The topological polar surface area (TPSA) is 24.4 Å². The first-order valence-electron chi connectivity index (χ1n) is 5.17. The van der Waals surface area contributed by atoms with Crippen molar-refractivity contribution in [1.82, 2.24) is 5.32 Å². The number of hydrogen-bond donors (Lipinski definition) is 1. The Kier molecular flexibility index (Phi) is 2.54. The predicted molar refractivity (Wildman–Crippen MR) is 59.3 cm³/mol. The van der Waals surface area contributed by atoms with Gasteiger partial charge in [-0.2, -0.15) is 0 Å². The molecule has 1 heterocycles. The van der Waals surface area contributed by atoms with Crippen LogP contribution in [0.15, 0.2) is 4.99 Å². The Balaban J connectivity index is 1.71. The molecule has 13 heavy (non-hydrogen) atoms. The lowest BCUT2D eigenvalue weighted by Crippen LogP contribution is -2.26. The number of amidine groups is 1. The van der Waals surface area contributed by atoms with Crippen molar-refractivity contribution in [3.8, 4) is 0 Å². The van der Waals surface area contributed by atoms with Crippen LogP contribution in [0.1, 0.15) is 33.1 Å². The highest BCUT2D eigenvalue weighted by Crippen LogP contribution is 2.44. The van der Waals surface area contributed by atoms with Gasteiger partial charge in [-0.05, 0) is 24.7 Å². The first kappa shape index (κ1) is 9.38. The molecule has 1 N–H and O–H groups in total. The van der Waals surface area contributed by atoms with Gasteiger partial charge < -0.3 is 5.32 Å². The van der Waals surface area contributed by atoms with Crippen LogP contribution in [0.4, 0.5) is 0 Å². The van der Waals surface area contributed by atoms with Gasteiger partial charge in [0, 0.05) is 11.8 Å². The lowest BCUT2D eigenvalue weighted by Gasteiger charge is -2.10. The van der Waals surface area contributed by atoms with Crippen molar-refractivity contribution >= 4 is 16.9 Å². The van der Waals surface area contributed by atoms with Crippen LogP contribution in [-0.2, 0) is 0 Å². The summed E-state index contributed by atoms with van der Waals surface area (Å²) in [4.78, 5) is 4.49. The molecule has 1 saturated carbocycles. The number of nitrogens with one attached hydrogen (secondary N) is 1. The molecule has 1 aliphatic carbocycles. The third-order valence-corrected chi connectivity index (χ3v) is 4.25. The molecule has 1 atom stereocenters. The first-order chi connectivity index (χ1) is 6.22. The number of nitrogens with zero attached hydrogens (tertiary/aromatic N) is 1. The second-order valence-corrected chi connectivity index (χ2v) is 5.75. The van der Waals surface area contributed by atoms with Crippen molar-refractivity contribution in [2.45, 2.75) is 38.4 Å². The van der Waals surface area contributed by atoms with E-state index in [2.05, 4.69) is 24.2 Å². The smallest absolute Gasteiger partial charge is 0.156 e. The molecule has 0 aromatic carbocycles. The fraction of sp³-hybridized carbons (Fsp3) is 0.900. The monoisotopic (exact) mass is 198 g/mol. The highest BCUT2D eigenvalue weighted by Gasteiger charge is 2.37. The zero-order valence-electron chi connectivity index (χ0n) is 8.47. The molecule has 0 radical (unpaired) electrons. The van der Waals surface area contributed by atoms with Crippen LogP contribution in [0.25, 0.3) is 0 Å². The predicted octanol–water partition coefficient (Wildman–Crippen LogP) is 2.26. The summed E-state index contributed by atoms with van der Waals surface area (Å²) in [6.07, 6.45) is 4.00. The van der Waals surface area contributed by atoms with Crippen LogP contribution in [0.5, 0.6) is 0 Å². The average molecular weight is 198 g/mol. The molecule has 1 fully saturated rings. The fourth-order valence-corrected chi connectivity index (χ4v) is 2.34. The van der Waals surface area contributed by atoms with E-state index >= 15 is 0 Å². The summed E-state index contributed by atoms with van der Waals surface area (Å²) in [5, 5.41) is 5.37. The largest absolute Gasteiger partial charge is 0.364 e. The minimum absolute atomic E-state index is 0.591. The van der Waals surface area contributed by atoms with E-state index in [1.165, 1.54) is 24.4 Å². The van der Waals surface area contributed by atoms with Crippen molar-refractivity contribution in [2.24, 2.45) is 10.4 Å². The Labute approximate surface area is 84.6 Å². The molecule has 0 saturated heterocycles. The normalized spacial score (nSPS) is 30.0. The van der Waals surface area contributed by atoms with E-state index in [4.69, 9.17) is 0 Å². The molecule has 2 aliphatic rings. The number of rotatable bonds is 3. The van der Waals surface area contributed by atoms with Gasteiger partial charge in [0.1, 0.15) is 0 Å². The van der Waals surface area contributed by atoms with Gasteiger partial charge in [0.15, 0.2) is 5.17 Å². The lowest BCUT2D eigenvalue weighted by molar-refractivity contribution is 0.558. The van der Waals surface area contributed by atoms with E-state index in [9.17, 15) is 0 Å². The molecule has 0 bridgehead atoms. The van der Waals surface area contributed by atoms with E-state index in [0.717, 1.165) is 18.3 Å². The SMILES string of the molecule is CCC1CN=C(NCC2(C)CC2)S1. The molecular weight excluding hydrogens is 180 g/mol.